The minimum absolute atomic E-state index is 0.148. The van der Waals surface area contributed by atoms with E-state index >= 15 is 0 Å². The molecule has 0 aliphatic heterocycles. The molecule has 1 unspecified atom stereocenters. The molecule has 0 rings (SSSR count). The van der Waals surface area contributed by atoms with E-state index in [0.29, 0.717) is 0 Å². The molecule has 5 heteroatoms. The SMILES string of the molecule is CC(C)(C)C(C#P=O)NCC(=O)O. The summed E-state index contributed by atoms with van der Waals surface area (Å²) in [5.74, 6) is -0.932. The Morgan fingerprint density at radius 3 is 2.46 bits per heavy atom. The van der Waals surface area contributed by atoms with Crippen LogP contribution < -0.4 is 5.32 Å². The van der Waals surface area contributed by atoms with Gasteiger partial charge in [0, 0.05) is 0 Å². The zero-order chi connectivity index (χ0) is 10.5. The number of hydrogen-bond acceptors (Lipinski definition) is 3. The van der Waals surface area contributed by atoms with E-state index in [1.54, 1.807) is 0 Å². The third kappa shape index (κ3) is 5.64. The van der Waals surface area contributed by atoms with Crippen LogP contribution in [-0.4, -0.2) is 23.7 Å². The average molecular weight is 203 g/mol. The minimum atomic E-state index is -0.932. The molecule has 0 aromatic heterocycles. The van der Waals surface area contributed by atoms with Gasteiger partial charge in [0.05, 0.1) is 0 Å². The van der Waals surface area contributed by atoms with Gasteiger partial charge in [0.2, 0.25) is 0 Å². The molecule has 0 aliphatic carbocycles. The zero-order valence-corrected chi connectivity index (χ0v) is 8.89. The molecule has 0 aromatic carbocycles. The van der Waals surface area contributed by atoms with Crippen molar-refractivity contribution in [2.24, 2.45) is 5.41 Å². The maximum atomic E-state index is 10.3. The van der Waals surface area contributed by atoms with Gasteiger partial charge in [0.15, 0.2) is 0 Å². The van der Waals surface area contributed by atoms with Crippen LogP contribution in [0.3, 0.4) is 0 Å². The first kappa shape index (κ1) is 12.4. The molecule has 0 fully saturated rings. The molecule has 2 N–H and O–H groups in total. The quantitative estimate of drug-likeness (QED) is 0.679. The molecule has 0 bridgehead atoms. The van der Waals surface area contributed by atoms with E-state index < -0.39 is 5.97 Å². The van der Waals surface area contributed by atoms with Gasteiger partial charge in [0.25, 0.3) is 0 Å². The maximum absolute atomic E-state index is 10.3. The summed E-state index contributed by atoms with van der Waals surface area (Å²) in [4.78, 5) is 10.3. The molecule has 0 radical (unpaired) electrons. The molecule has 0 spiro atoms. The normalized spacial score (nSPS) is 13.2. The number of carbonyl (C=O) groups is 1. The first-order valence-electron chi connectivity index (χ1n) is 3.91. The molecule has 0 amide bonds. The van der Waals surface area contributed by atoms with Gasteiger partial charge < -0.3 is 0 Å². The van der Waals surface area contributed by atoms with Gasteiger partial charge in [-0.15, -0.1) is 0 Å². The van der Waals surface area contributed by atoms with Crippen LogP contribution in [0.25, 0.3) is 0 Å². The number of nitrogens with one attached hydrogen (secondary N) is 1. The van der Waals surface area contributed by atoms with Crippen LogP contribution >= 0.6 is 7.92 Å². The van der Waals surface area contributed by atoms with Gasteiger partial charge in [-0.25, -0.2) is 0 Å². The monoisotopic (exact) mass is 203 g/mol. The molecule has 0 heterocycles. The Hall–Kier alpha value is -0.560. The molecule has 1 atom stereocenters. The summed E-state index contributed by atoms with van der Waals surface area (Å²) in [6.07, 6.45) is 0. The van der Waals surface area contributed by atoms with Gasteiger partial charge in [-0.05, 0) is 0 Å². The fourth-order valence-corrected chi connectivity index (χ4v) is 1.37. The van der Waals surface area contributed by atoms with Crippen LogP contribution in [0.15, 0.2) is 0 Å². The Kier molecular flexibility index (Phi) is 5.01. The molecular weight excluding hydrogens is 189 g/mol. The van der Waals surface area contributed by atoms with E-state index in [4.69, 9.17) is 5.11 Å². The van der Waals surface area contributed by atoms with E-state index in [1.165, 1.54) is 0 Å². The summed E-state index contributed by atoms with van der Waals surface area (Å²) >= 11 is 0. The van der Waals surface area contributed by atoms with Crippen LogP contribution in [0.5, 0.6) is 0 Å². The summed E-state index contributed by atoms with van der Waals surface area (Å²) in [5.41, 5.74) is 2.43. The standard InChI is InChI=1S/C8H14NO3P/c1-8(2,3)6(5-13-12)9-4-7(10)11/h6,9H,4H2,1-3H3,(H,10,11). The fraction of sp³-hybridized carbons (Fsp3) is 0.750. The van der Waals surface area contributed by atoms with Crippen molar-refractivity contribution in [3.63, 3.8) is 0 Å². The third-order valence-corrected chi connectivity index (χ3v) is 1.87. The van der Waals surface area contributed by atoms with Gasteiger partial charge in [0.1, 0.15) is 0 Å². The predicted octanol–water partition coefficient (Wildman–Crippen LogP) is 1.33. The molecular formula is C8H14NO3P. The third-order valence-electron chi connectivity index (χ3n) is 1.51. The van der Waals surface area contributed by atoms with E-state index in [9.17, 15) is 9.36 Å². The van der Waals surface area contributed by atoms with Crippen molar-refractivity contribution in [2.75, 3.05) is 6.54 Å². The van der Waals surface area contributed by atoms with Crippen molar-refractivity contribution < 1.29 is 14.5 Å². The summed E-state index contributed by atoms with van der Waals surface area (Å²) in [7, 11) is -0.204. The average Bonchev–Trinajstić information content (AvgIpc) is 1.95. The number of aliphatic carboxylic acids is 1. The number of carboxylic acid groups (broad SMARTS) is 1. The van der Waals surface area contributed by atoms with Crippen LogP contribution in [-0.2, 0) is 9.36 Å². The van der Waals surface area contributed by atoms with Crippen molar-refractivity contribution in [3.05, 3.63) is 0 Å². The second-order valence-corrected chi connectivity index (χ2v) is 4.23. The zero-order valence-electron chi connectivity index (χ0n) is 8.00. The second kappa shape index (κ2) is 5.23. The molecule has 4 nitrogen and oxygen atoms in total. The number of rotatable bonds is 3. The summed E-state index contributed by atoms with van der Waals surface area (Å²) < 4.78 is 10.3. The molecule has 0 aromatic rings. The van der Waals surface area contributed by atoms with Gasteiger partial charge in [-0.3, -0.25) is 0 Å². The van der Waals surface area contributed by atoms with E-state index in [1.807, 2.05) is 20.8 Å². The van der Waals surface area contributed by atoms with Crippen LogP contribution in [0.4, 0.5) is 0 Å². The van der Waals surface area contributed by atoms with Gasteiger partial charge in [-0.1, -0.05) is 0 Å². The molecule has 0 aliphatic rings. The Labute approximate surface area is 78.8 Å². The molecule has 0 saturated heterocycles. The Balaban J connectivity index is 4.34. The second-order valence-electron chi connectivity index (χ2n) is 3.79. The van der Waals surface area contributed by atoms with Crippen molar-refractivity contribution in [2.45, 2.75) is 26.8 Å². The van der Waals surface area contributed by atoms with E-state index in [2.05, 4.69) is 10.9 Å². The first-order valence-corrected chi connectivity index (χ1v) is 4.72. The van der Waals surface area contributed by atoms with E-state index in [0.717, 1.165) is 0 Å². The summed E-state index contributed by atoms with van der Waals surface area (Å²) in [6, 6.07) is -0.289. The topological polar surface area (TPSA) is 66.4 Å². The van der Waals surface area contributed by atoms with Crippen LogP contribution in [0.1, 0.15) is 20.8 Å². The van der Waals surface area contributed by atoms with Crippen molar-refractivity contribution in [1.82, 2.24) is 5.32 Å². The molecule has 13 heavy (non-hydrogen) atoms. The van der Waals surface area contributed by atoms with Gasteiger partial charge in [-0.2, -0.15) is 0 Å². The molecule has 0 saturated carbocycles. The predicted molar refractivity (Wildman–Crippen MR) is 50.4 cm³/mol. The van der Waals surface area contributed by atoms with Crippen molar-refractivity contribution in [1.29, 1.82) is 0 Å². The Bertz CT molecular complexity index is 275. The number of carboxylic acids is 1. The first-order chi connectivity index (χ1) is 5.88. The summed E-state index contributed by atoms with van der Waals surface area (Å²) in [6.45, 7) is 5.62. The molecule has 74 valence electrons. The van der Waals surface area contributed by atoms with Crippen LogP contribution in [0.2, 0.25) is 0 Å². The fourth-order valence-electron chi connectivity index (χ4n) is 0.788. The van der Waals surface area contributed by atoms with Crippen molar-refractivity contribution in [3.8, 4) is 5.63 Å². The Morgan fingerprint density at radius 2 is 2.15 bits per heavy atom. The van der Waals surface area contributed by atoms with E-state index in [-0.39, 0.29) is 25.9 Å². The Morgan fingerprint density at radius 1 is 1.62 bits per heavy atom. The number of hydrogen-bond donors (Lipinski definition) is 2. The van der Waals surface area contributed by atoms with Crippen LogP contribution in [0, 0.1) is 11.0 Å². The summed E-state index contributed by atoms with van der Waals surface area (Å²) in [5, 5.41) is 11.2. The van der Waals surface area contributed by atoms with Crippen molar-refractivity contribution >= 4 is 13.9 Å². The van der Waals surface area contributed by atoms with Gasteiger partial charge >= 0.3 is 78.1 Å².